The Morgan fingerprint density at radius 3 is 2.96 bits per heavy atom. The first-order chi connectivity index (χ1) is 13.0. The summed E-state index contributed by atoms with van der Waals surface area (Å²) in [6.07, 6.45) is 1.93. The largest absolute Gasteiger partial charge is 0.322 e. The van der Waals surface area contributed by atoms with Crippen LogP contribution in [-0.2, 0) is 24.3 Å². The zero-order valence-corrected chi connectivity index (χ0v) is 16.1. The summed E-state index contributed by atoms with van der Waals surface area (Å²) in [4.78, 5) is 29.2. The average molecular weight is 403 g/mol. The third-order valence-electron chi connectivity index (χ3n) is 4.85. The Bertz CT molecular complexity index is 1110. The molecule has 0 bridgehead atoms. The fraction of sp³-hybridized carbons (Fsp3) is 0.250. The molecule has 2 heterocycles. The molecule has 0 saturated carbocycles. The average Bonchev–Trinajstić information content (AvgIpc) is 2.67. The highest BCUT2D eigenvalue weighted by molar-refractivity contribution is 5.91. The number of benzene rings is 2. The van der Waals surface area contributed by atoms with Gasteiger partial charge < -0.3 is 10.6 Å². The second-order valence-electron chi connectivity index (χ2n) is 6.69. The lowest BCUT2D eigenvalue weighted by Crippen LogP contribution is -2.29. The lowest BCUT2D eigenvalue weighted by Gasteiger charge is -2.19. The summed E-state index contributed by atoms with van der Waals surface area (Å²) >= 11 is 0. The number of carbonyl (C=O) groups is 1. The molecule has 146 valence electrons. The lowest BCUT2D eigenvalue weighted by molar-refractivity contribution is -0.116. The van der Waals surface area contributed by atoms with Crippen LogP contribution in [0.4, 0.5) is 10.1 Å². The summed E-state index contributed by atoms with van der Waals surface area (Å²) in [5.74, 6) is -0.874. The molecule has 0 radical (unpaired) electrons. The summed E-state index contributed by atoms with van der Waals surface area (Å²) in [6, 6.07) is 8.71. The third kappa shape index (κ3) is 3.63. The maximum atomic E-state index is 14.7. The van der Waals surface area contributed by atoms with E-state index in [1.165, 1.54) is 10.9 Å². The molecule has 8 heteroatoms. The summed E-state index contributed by atoms with van der Waals surface area (Å²) in [6.45, 7) is 2.98. The van der Waals surface area contributed by atoms with E-state index in [4.69, 9.17) is 0 Å². The number of para-hydroxylation sites is 1. The van der Waals surface area contributed by atoms with Gasteiger partial charge in [-0.2, -0.15) is 0 Å². The maximum Gasteiger partial charge on any atom is 0.261 e. The van der Waals surface area contributed by atoms with Gasteiger partial charge in [0.1, 0.15) is 12.4 Å². The number of anilines is 1. The van der Waals surface area contributed by atoms with Crippen molar-refractivity contribution >= 4 is 34.9 Å². The number of rotatable bonds is 3. The topological polar surface area (TPSA) is 76.0 Å². The van der Waals surface area contributed by atoms with E-state index in [9.17, 15) is 14.0 Å². The Balaban J connectivity index is 0.00000225. The van der Waals surface area contributed by atoms with Gasteiger partial charge in [-0.3, -0.25) is 14.2 Å². The van der Waals surface area contributed by atoms with Crippen LogP contribution >= 0.6 is 12.4 Å². The van der Waals surface area contributed by atoms with Gasteiger partial charge >= 0.3 is 0 Å². The van der Waals surface area contributed by atoms with Crippen molar-refractivity contribution in [2.45, 2.75) is 26.4 Å². The van der Waals surface area contributed by atoms with E-state index in [2.05, 4.69) is 15.6 Å². The predicted molar refractivity (Wildman–Crippen MR) is 108 cm³/mol. The molecule has 3 aromatic rings. The molecule has 0 spiro atoms. The second-order valence-corrected chi connectivity index (χ2v) is 6.69. The summed E-state index contributed by atoms with van der Waals surface area (Å²) in [5, 5.41) is 6.22. The van der Waals surface area contributed by atoms with Crippen molar-refractivity contribution in [1.82, 2.24) is 14.9 Å². The maximum absolute atomic E-state index is 14.7. The van der Waals surface area contributed by atoms with Gasteiger partial charge in [-0.05, 0) is 48.7 Å². The number of amides is 1. The molecule has 0 unspecified atom stereocenters. The third-order valence-corrected chi connectivity index (χ3v) is 4.85. The number of fused-ring (bicyclic) bond motifs is 2. The molecule has 6 nitrogen and oxygen atoms in total. The minimum Gasteiger partial charge on any atom is -0.322 e. The number of nitrogens with one attached hydrogen (secondary N) is 2. The van der Waals surface area contributed by atoms with Gasteiger partial charge in [0.05, 0.1) is 22.9 Å². The first-order valence-corrected chi connectivity index (χ1v) is 8.80. The predicted octanol–water partition coefficient (Wildman–Crippen LogP) is 2.55. The lowest BCUT2D eigenvalue weighted by atomic mass is 9.99. The molecule has 0 fully saturated rings. The van der Waals surface area contributed by atoms with Crippen LogP contribution in [0.25, 0.3) is 10.9 Å². The number of aromatic nitrogens is 2. The Morgan fingerprint density at radius 2 is 2.14 bits per heavy atom. The number of halogens is 2. The van der Waals surface area contributed by atoms with Crippen molar-refractivity contribution in [3.05, 3.63) is 69.5 Å². The van der Waals surface area contributed by atoms with E-state index in [-0.39, 0.29) is 30.2 Å². The molecule has 4 rings (SSSR count). The SMILES string of the molecule is Cc1cccc2c(=O)n(CC(=O)Nc3ccc4c(c3F)CCNC4)cnc12.Cl. The summed E-state index contributed by atoms with van der Waals surface area (Å²) in [5.41, 5.74) is 2.89. The highest BCUT2D eigenvalue weighted by Gasteiger charge is 2.18. The Hall–Kier alpha value is -2.77. The van der Waals surface area contributed by atoms with Crippen molar-refractivity contribution in [3.8, 4) is 0 Å². The first-order valence-electron chi connectivity index (χ1n) is 8.80. The van der Waals surface area contributed by atoms with Crippen molar-refractivity contribution in [2.24, 2.45) is 0 Å². The van der Waals surface area contributed by atoms with Crippen LogP contribution in [0.5, 0.6) is 0 Å². The molecule has 1 aliphatic heterocycles. The molecule has 28 heavy (non-hydrogen) atoms. The zero-order chi connectivity index (χ0) is 19.0. The minimum atomic E-state index is -0.473. The van der Waals surface area contributed by atoms with Gasteiger partial charge in [-0.25, -0.2) is 9.37 Å². The molecule has 2 N–H and O–H groups in total. The van der Waals surface area contributed by atoms with Crippen molar-refractivity contribution in [3.63, 3.8) is 0 Å². The fourth-order valence-corrected chi connectivity index (χ4v) is 3.42. The van der Waals surface area contributed by atoms with Gasteiger partial charge in [0.25, 0.3) is 5.56 Å². The van der Waals surface area contributed by atoms with E-state index in [0.29, 0.717) is 36.0 Å². The van der Waals surface area contributed by atoms with Gasteiger partial charge in [0, 0.05) is 6.54 Å². The van der Waals surface area contributed by atoms with Crippen LogP contribution in [0.2, 0.25) is 0 Å². The van der Waals surface area contributed by atoms with Crippen molar-refractivity contribution in [2.75, 3.05) is 11.9 Å². The number of aryl methyl sites for hydroxylation is 1. The molecule has 1 amide bonds. The molecule has 0 saturated heterocycles. The van der Waals surface area contributed by atoms with Crippen LogP contribution in [0, 0.1) is 12.7 Å². The van der Waals surface area contributed by atoms with Crippen molar-refractivity contribution in [1.29, 1.82) is 0 Å². The van der Waals surface area contributed by atoms with Crippen LogP contribution in [-0.4, -0.2) is 22.0 Å². The monoisotopic (exact) mass is 402 g/mol. The zero-order valence-electron chi connectivity index (χ0n) is 15.3. The van der Waals surface area contributed by atoms with Crippen LogP contribution < -0.4 is 16.2 Å². The van der Waals surface area contributed by atoms with Gasteiger partial charge in [-0.1, -0.05) is 18.2 Å². The molecule has 0 atom stereocenters. The second kappa shape index (κ2) is 8.08. The van der Waals surface area contributed by atoms with Crippen molar-refractivity contribution < 1.29 is 9.18 Å². The molecule has 0 aliphatic carbocycles. The van der Waals surface area contributed by atoms with E-state index in [1.807, 2.05) is 19.1 Å². The minimum absolute atomic E-state index is 0. The first kappa shape index (κ1) is 20.0. The normalized spacial score (nSPS) is 12.9. The molecule has 1 aromatic heterocycles. The quantitative estimate of drug-likeness (QED) is 0.706. The number of hydrogen-bond acceptors (Lipinski definition) is 4. The molecular weight excluding hydrogens is 383 g/mol. The Morgan fingerprint density at radius 1 is 1.32 bits per heavy atom. The van der Waals surface area contributed by atoms with Crippen LogP contribution in [0.1, 0.15) is 16.7 Å². The van der Waals surface area contributed by atoms with Gasteiger partial charge in [-0.15, -0.1) is 12.4 Å². The fourth-order valence-electron chi connectivity index (χ4n) is 3.42. The van der Waals surface area contributed by atoms with E-state index in [1.54, 1.807) is 18.2 Å². The van der Waals surface area contributed by atoms with E-state index in [0.717, 1.165) is 11.1 Å². The Labute approximate surface area is 167 Å². The van der Waals surface area contributed by atoms with E-state index < -0.39 is 11.7 Å². The molecule has 1 aliphatic rings. The van der Waals surface area contributed by atoms with Gasteiger partial charge in [0.2, 0.25) is 5.91 Å². The summed E-state index contributed by atoms with van der Waals surface area (Å²) in [7, 11) is 0. The highest BCUT2D eigenvalue weighted by atomic mass is 35.5. The smallest absolute Gasteiger partial charge is 0.261 e. The standard InChI is InChI=1S/C20H19FN4O2.ClH/c1-12-3-2-4-15-19(12)23-11-25(20(15)27)10-17(26)24-16-6-5-13-9-22-8-7-14(13)18(16)21;/h2-6,11,22H,7-10H2,1H3,(H,24,26);1H. The Kier molecular flexibility index (Phi) is 5.76. The highest BCUT2D eigenvalue weighted by Crippen LogP contribution is 2.24. The van der Waals surface area contributed by atoms with E-state index >= 15 is 0 Å². The van der Waals surface area contributed by atoms with Crippen LogP contribution in [0.3, 0.4) is 0 Å². The summed E-state index contributed by atoms with van der Waals surface area (Å²) < 4.78 is 15.9. The van der Waals surface area contributed by atoms with Crippen LogP contribution in [0.15, 0.2) is 41.5 Å². The number of hydrogen-bond donors (Lipinski definition) is 2. The number of carbonyl (C=O) groups excluding carboxylic acids is 1. The number of nitrogens with zero attached hydrogens (tertiary/aromatic N) is 2. The van der Waals surface area contributed by atoms with Gasteiger partial charge in [0.15, 0.2) is 0 Å². The molecular formula is C20H20ClFN4O2. The molecule has 2 aromatic carbocycles.